The maximum absolute atomic E-state index is 11.4. The Kier molecular flexibility index (Phi) is 3.17. The van der Waals surface area contributed by atoms with E-state index >= 15 is 0 Å². The number of rotatable bonds is 2. The van der Waals surface area contributed by atoms with Crippen LogP contribution in [0.25, 0.3) is 0 Å². The average molecular weight is 210 g/mol. The van der Waals surface area contributed by atoms with Gasteiger partial charge >= 0.3 is 0 Å². The largest absolute Gasteiger partial charge is 0.291 e. The molecule has 0 unspecified atom stereocenters. The van der Waals surface area contributed by atoms with Crippen molar-refractivity contribution in [1.29, 1.82) is 0 Å². The second-order valence-electron chi connectivity index (χ2n) is 2.70. The zero-order valence-corrected chi connectivity index (χ0v) is 8.75. The lowest BCUT2D eigenvalue weighted by Crippen LogP contribution is -1.95. The molecule has 0 saturated carbocycles. The summed E-state index contributed by atoms with van der Waals surface area (Å²) in [5.74, 6) is 0. The summed E-state index contributed by atoms with van der Waals surface area (Å²) in [6, 6.07) is 8.50. The van der Waals surface area contributed by atoms with E-state index in [0.29, 0.717) is 0 Å². The smallest absolute Gasteiger partial charge is 0.228 e. The van der Waals surface area contributed by atoms with Gasteiger partial charge in [0.2, 0.25) is 0 Å². The Morgan fingerprint density at radius 3 is 2.29 bits per heavy atom. The van der Waals surface area contributed by atoms with E-state index in [-0.39, 0.29) is 4.90 Å². The van der Waals surface area contributed by atoms with Gasteiger partial charge in [-0.05, 0) is 19.1 Å². The molecule has 0 fully saturated rings. The Morgan fingerprint density at radius 2 is 1.79 bits per heavy atom. The molecule has 0 amide bonds. The van der Waals surface area contributed by atoms with Gasteiger partial charge in [0.05, 0.1) is 4.90 Å². The molecule has 0 aliphatic heterocycles. The molecule has 0 heterocycles. The van der Waals surface area contributed by atoms with Crippen molar-refractivity contribution in [1.82, 2.24) is 0 Å². The molecule has 1 aromatic rings. The summed E-state index contributed by atoms with van der Waals surface area (Å²) in [5, 5.41) is 0. The summed E-state index contributed by atoms with van der Waals surface area (Å²) in [6.07, 6.45) is 0. The van der Waals surface area contributed by atoms with Crippen LogP contribution in [0.4, 0.5) is 0 Å². The molecular weight excluding hydrogens is 200 g/mol. The van der Waals surface area contributed by atoms with Crippen LogP contribution >= 0.6 is 0 Å². The van der Waals surface area contributed by atoms with Crippen LogP contribution in [0, 0.1) is 6.92 Å². The molecule has 4 nitrogen and oxygen atoms in total. The second kappa shape index (κ2) is 4.17. The van der Waals surface area contributed by atoms with Gasteiger partial charge in [-0.3, -0.25) is 0 Å². The van der Waals surface area contributed by atoms with Gasteiger partial charge in [0.1, 0.15) is 6.01 Å². The summed E-state index contributed by atoms with van der Waals surface area (Å²) in [5.41, 5.74) is 0.997. The third-order valence-electron chi connectivity index (χ3n) is 1.58. The minimum absolute atomic E-state index is 0.152. The lowest BCUT2D eigenvalue weighted by molar-refractivity contribution is 0.598. The van der Waals surface area contributed by atoms with Crippen LogP contribution in [0.2, 0.25) is 0 Å². The van der Waals surface area contributed by atoms with Crippen LogP contribution in [-0.4, -0.2) is 21.5 Å². The van der Waals surface area contributed by atoms with E-state index in [1.807, 2.05) is 6.92 Å². The van der Waals surface area contributed by atoms with Crippen LogP contribution in [0.3, 0.4) is 0 Å². The molecule has 0 bridgehead atoms. The zero-order valence-electron chi connectivity index (χ0n) is 7.93. The highest BCUT2D eigenvalue weighted by molar-refractivity contribution is 7.90. The predicted octanol–water partition coefficient (Wildman–Crippen LogP) is 1.49. The maximum Gasteiger partial charge on any atom is 0.291 e. The fourth-order valence-corrected chi connectivity index (χ4v) is 1.63. The van der Waals surface area contributed by atoms with Crippen molar-refractivity contribution in [3.63, 3.8) is 0 Å². The van der Waals surface area contributed by atoms with Gasteiger partial charge < -0.3 is 0 Å². The van der Waals surface area contributed by atoms with Crippen molar-refractivity contribution in [3.05, 3.63) is 29.8 Å². The van der Waals surface area contributed by atoms with Crippen LogP contribution in [0.1, 0.15) is 5.56 Å². The van der Waals surface area contributed by atoms with Gasteiger partial charge in [-0.15, -0.1) is 0 Å². The van der Waals surface area contributed by atoms with Gasteiger partial charge in [-0.1, -0.05) is 22.1 Å². The molecule has 5 heteroatoms. The summed E-state index contributed by atoms with van der Waals surface area (Å²) in [4.78, 5) is 3.52. The third kappa shape index (κ3) is 2.52. The standard InChI is InChI=1S/C9H10N2O2S/c1-8-3-5-9(6-4-8)14(12,13)11-7-10-2/h3-6H,1-2H3. The monoisotopic (exact) mass is 210 g/mol. The first-order valence-corrected chi connectivity index (χ1v) is 5.38. The van der Waals surface area contributed by atoms with Crippen molar-refractivity contribution in [2.45, 2.75) is 11.8 Å². The lowest BCUT2D eigenvalue weighted by Gasteiger charge is -1.96. The van der Waals surface area contributed by atoms with E-state index in [2.05, 4.69) is 15.4 Å². The van der Waals surface area contributed by atoms with Crippen molar-refractivity contribution in [3.8, 4) is 0 Å². The van der Waals surface area contributed by atoms with Crippen molar-refractivity contribution >= 4 is 16.0 Å². The first-order valence-electron chi connectivity index (χ1n) is 3.94. The number of nitrogens with zero attached hydrogens (tertiary/aromatic N) is 2. The molecule has 0 aromatic heterocycles. The Bertz CT molecular complexity index is 468. The molecule has 1 aromatic carbocycles. The molecule has 14 heavy (non-hydrogen) atoms. The Hall–Kier alpha value is -1.45. The molecule has 0 radical (unpaired) electrons. The topological polar surface area (TPSA) is 58.9 Å². The fraction of sp³-hybridized carbons (Fsp3) is 0.222. The average Bonchev–Trinajstić information content (AvgIpc) is 2.16. The molecule has 0 atom stereocenters. The van der Waals surface area contributed by atoms with E-state index < -0.39 is 10.0 Å². The quantitative estimate of drug-likeness (QED) is 0.694. The molecule has 74 valence electrons. The van der Waals surface area contributed by atoms with E-state index in [1.54, 1.807) is 12.1 Å². The number of hydrogen-bond donors (Lipinski definition) is 0. The van der Waals surface area contributed by atoms with E-state index in [9.17, 15) is 8.42 Å². The van der Waals surface area contributed by atoms with Crippen LogP contribution in [0.15, 0.2) is 38.6 Å². The van der Waals surface area contributed by atoms with Gasteiger partial charge in [-0.2, -0.15) is 8.42 Å². The minimum atomic E-state index is -3.62. The molecule has 0 aliphatic carbocycles. The van der Waals surface area contributed by atoms with Crippen molar-refractivity contribution in [2.24, 2.45) is 9.39 Å². The van der Waals surface area contributed by atoms with Gasteiger partial charge in [-0.25, -0.2) is 4.99 Å². The van der Waals surface area contributed by atoms with Crippen LogP contribution in [0.5, 0.6) is 0 Å². The number of hydrogen-bond acceptors (Lipinski definition) is 3. The van der Waals surface area contributed by atoms with Crippen LogP contribution < -0.4 is 0 Å². The van der Waals surface area contributed by atoms with Gasteiger partial charge in [0.25, 0.3) is 10.0 Å². The highest BCUT2D eigenvalue weighted by Crippen LogP contribution is 2.12. The van der Waals surface area contributed by atoms with Crippen molar-refractivity contribution in [2.75, 3.05) is 7.05 Å². The highest BCUT2D eigenvalue weighted by atomic mass is 32.2. The molecule has 0 N–H and O–H groups in total. The lowest BCUT2D eigenvalue weighted by atomic mass is 10.2. The summed E-state index contributed by atoms with van der Waals surface area (Å²) >= 11 is 0. The Labute approximate surface area is 83.1 Å². The van der Waals surface area contributed by atoms with Gasteiger partial charge in [0, 0.05) is 7.05 Å². The number of sulfonamides is 1. The molecule has 1 rings (SSSR count). The molecule has 0 saturated heterocycles. The minimum Gasteiger partial charge on any atom is -0.228 e. The third-order valence-corrected chi connectivity index (χ3v) is 2.77. The maximum atomic E-state index is 11.4. The SMILES string of the molecule is CN=C=NS(=O)(=O)c1ccc(C)cc1. The second-order valence-corrected chi connectivity index (χ2v) is 4.31. The van der Waals surface area contributed by atoms with Crippen molar-refractivity contribution < 1.29 is 8.42 Å². The normalized spacial score (nSPS) is 10.4. The predicted molar refractivity (Wildman–Crippen MR) is 54.2 cm³/mol. The Morgan fingerprint density at radius 1 is 1.21 bits per heavy atom. The summed E-state index contributed by atoms with van der Waals surface area (Å²) in [7, 11) is -2.21. The highest BCUT2D eigenvalue weighted by Gasteiger charge is 2.10. The van der Waals surface area contributed by atoms with Gasteiger partial charge in [0.15, 0.2) is 0 Å². The van der Waals surface area contributed by atoms with E-state index in [4.69, 9.17) is 0 Å². The number of aliphatic imine (C=N–C) groups is 1. The molecule has 0 spiro atoms. The Balaban J connectivity index is 3.18. The molecular formula is C9H10N2O2S. The fourth-order valence-electron chi connectivity index (χ4n) is 0.858. The van der Waals surface area contributed by atoms with E-state index in [0.717, 1.165) is 5.56 Å². The summed E-state index contributed by atoms with van der Waals surface area (Å²) in [6.45, 7) is 1.88. The zero-order chi connectivity index (χ0) is 10.6. The first-order chi connectivity index (χ1) is 6.56. The number of aryl methyl sites for hydroxylation is 1. The first kappa shape index (κ1) is 10.6. The summed E-state index contributed by atoms with van der Waals surface area (Å²) < 4.78 is 26.1. The van der Waals surface area contributed by atoms with E-state index in [1.165, 1.54) is 19.2 Å². The van der Waals surface area contributed by atoms with Crippen LogP contribution in [-0.2, 0) is 10.0 Å². The number of benzene rings is 1. The molecule has 0 aliphatic rings.